The van der Waals surface area contributed by atoms with Crippen LogP contribution in [0.1, 0.15) is 5.56 Å². The first-order chi connectivity index (χ1) is 7.79. The van der Waals surface area contributed by atoms with E-state index in [1.807, 2.05) is 0 Å². The van der Waals surface area contributed by atoms with E-state index in [0.29, 0.717) is 0 Å². The van der Waals surface area contributed by atoms with Gasteiger partial charge < -0.3 is 5.11 Å². The molecule has 0 spiro atoms. The van der Waals surface area contributed by atoms with Crippen molar-refractivity contribution in [1.82, 2.24) is 5.48 Å². The summed E-state index contributed by atoms with van der Waals surface area (Å²) >= 11 is 11.3. The van der Waals surface area contributed by atoms with E-state index in [9.17, 15) is 18.3 Å². The summed E-state index contributed by atoms with van der Waals surface area (Å²) in [5.41, 5.74) is 2.30. The number of rotatable bonds is 4. The maximum Gasteiger partial charge on any atom is 0.413 e. The van der Waals surface area contributed by atoms with Crippen LogP contribution in [0, 0.1) is 0 Å². The third kappa shape index (κ3) is 4.99. The maximum atomic E-state index is 11.7. The van der Waals surface area contributed by atoms with Crippen LogP contribution in [0.15, 0.2) is 12.1 Å². The molecule has 0 atom stereocenters. The Bertz CT molecular complexity index is 399. The van der Waals surface area contributed by atoms with Gasteiger partial charge in [0.15, 0.2) is 6.61 Å². The van der Waals surface area contributed by atoms with Gasteiger partial charge in [-0.05, 0) is 12.1 Å². The summed E-state index contributed by atoms with van der Waals surface area (Å²) in [6.07, 6.45) is -4.42. The molecule has 3 nitrogen and oxygen atoms in total. The minimum absolute atomic E-state index is 0.0186. The quantitative estimate of drug-likeness (QED) is 0.660. The summed E-state index contributed by atoms with van der Waals surface area (Å²) in [7, 11) is 0. The van der Waals surface area contributed by atoms with Crippen molar-refractivity contribution < 1.29 is 23.1 Å². The molecule has 0 heterocycles. The minimum Gasteiger partial charge on any atom is -0.506 e. The second kappa shape index (κ2) is 5.77. The number of nitrogens with one attached hydrogen (secondary N) is 1. The molecule has 0 fully saturated rings. The molecule has 0 aliphatic rings. The van der Waals surface area contributed by atoms with Crippen LogP contribution in [0.25, 0.3) is 0 Å². The SMILES string of the molecule is Oc1c(Cl)cc(Cl)cc1CNOCC(F)(F)F. The molecule has 8 heteroatoms. The number of phenols is 1. The zero-order valence-corrected chi connectivity index (χ0v) is 9.83. The lowest BCUT2D eigenvalue weighted by Gasteiger charge is -2.10. The fourth-order valence-electron chi connectivity index (χ4n) is 1.02. The largest absolute Gasteiger partial charge is 0.506 e. The number of hydroxylamine groups is 1. The third-order valence-corrected chi connectivity index (χ3v) is 2.21. The Morgan fingerprint density at radius 1 is 1.29 bits per heavy atom. The highest BCUT2D eigenvalue weighted by Crippen LogP contribution is 2.30. The summed E-state index contributed by atoms with van der Waals surface area (Å²) in [5.74, 6) is -0.251. The molecule has 1 aromatic rings. The van der Waals surface area contributed by atoms with Gasteiger partial charge in [-0.2, -0.15) is 18.7 Å². The first kappa shape index (κ1) is 14.4. The molecule has 0 aliphatic carbocycles. The van der Waals surface area contributed by atoms with E-state index in [-0.39, 0.29) is 27.9 Å². The van der Waals surface area contributed by atoms with Crippen molar-refractivity contribution in [2.24, 2.45) is 0 Å². The first-order valence-electron chi connectivity index (χ1n) is 4.38. The highest BCUT2D eigenvalue weighted by atomic mass is 35.5. The van der Waals surface area contributed by atoms with E-state index >= 15 is 0 Å². The Labute approximate surface area is 105 Å². The Balaban J connectivity index is 2.52. The van der Waals surface area contributed by atoms with E-state index in [2.05, 4.69) is 10.3 Å². The van der Waals surface area contributed by atoms with Crippen LogP contribution >= 0.6 is 23.2 Å². The summed E-state index contributed by atoms with van der Waals surface area (Å²) < 4.78 is 35.2. The van der Waals surface area contributed by atoms with Crippen molar-refractivity contribution >= 4 is 23.2 Å². The van der Waals surface area contributed by atoms with Gasteiger partial charge in [-0.15, -0.1) is 0 Å². The van der Waals surface area contributed by atoms with Gasteiger partial charge in [0.1, 0.15) is 5.75 Å². The topological polar surface area (TPSA) is 41.5 Å². The Kier molecular flexibility index (Phi) is 4.88. The average molecular weight is 290 g/mol. The summed E-state index contributed by atoms with van der Waals surface area (Å²) in [5, 5.41) is 9.76. The molecule has 2 N–H and O–H groups in total. The number of alkyl halides is 3. The van der Waals surface area contributed by atoms with Crippen molar-refractivity contribution in [2.45, 2.75) is 12.7 Å². The van der Waals surface area contributed by atoms with Crippen molar-refractivity contribution in [3.05, 3.63) is 27.7 Å². The van der Waals surface area contributed by atoms with Crippen LogP contribution in [0.5, 0.6) is 5.75 Å². The van der Waals surface area contributed by atoms with Crippen LogP contribution in [0.2, 0.25) is 10.0 Å². The molecule has 0 bridgehead atoms. The minimum atomic E-state index is -4.42. The maximum absolute atomic E-state index is 11.7. The predicted molar refractivity (Wildman–Crippen MR) is 57.0 cm³/mol. The van der Waals surface area contributed by atoms with E-state index in [4.69, 9.17) is 23.2 Å². The fourth-order valence-corrected chi connectivity index (χ4v) is 1.55. The molecule has 0 radical (unpaired) electrons. The number of aromatic hydroxyl groups is 1. The normalized spacial score (nSPS) is 11.8. The molecule has 1 aromatic carbocycles. The lowest BCUT2D eigenvalue weighted by Crippen LogP contribution is -2.24. The Morgan fingerprint density at radius 2 is 1.94 bits per heavy atom. The van der Waals surface area contributed by atoms with Gasteiger partial charge in [0.2, 0.25) is 0 Å². The van der Waals surface area contributed by atoms with Crippen molar-refractivity contribution in [3.63, 3.8) is 0 Å². The summed E-state index contributed by atoms with van der Waals surface area (Å²) in [6, 6.07) is 2.69. The molecule has 1 rings (SSSR count). The zero-order chi connectivity index (χ0) is 13.1. The first-order valence-corrected chi connectivity index (χ1v) is 5.13. The molecule has 0 amide bonds. The van der Waals surface area contributed by atoms with Crippen molar-refractivity contribution in [3.8, 4) is 5.75 Å². The third-order valence-electron chi connectivity index (χ3n) is 1.71. The Hall–Kier alpha value is -0.690. The molecule has 0 saturated heterocycles. The van der Waals surface area contributed by atoms with Crippen molar-refractivity contribution in [2.75, 3.05) is 6.61 Å². The lowest BCUT2D eigenvalue weighted by molar-refractivity contribution is -0.190. The van der Waals surface area contributed by atoms with E-state index in [1.165, 1.54) is 12.1 Å². The van der Waals surface area contributed by atoms with E-state index in [0.717, 1.165) is 0 Å². The molecule has 0 unspecified atom stereocenters. The zero-order valence-electron chi connectivity index (χ0n) is 8.31. The second-order valence-electron chi connectivity index (χ2n) is 3.12. The number of halogens is 5. The molecule has 0 saturated carbocycles. The number of hydrogen-bond acceptors (Lipinski definition) is 3. The highest BCUT2D eigenvalue weighted by Gasteiger charge is 2.27. The van der Waals surface area contributed by atoms with Gasteiger partial charge in [-0.1, -0.05) is 23.2 Å². The molecule has 0 aliphatic heterocycles. The van der Waals surface area contributed by atoms with Gasteiger partial charge in [0, 0.05) is 17.1 Å². The molecule has 17 heavy (non-hydrogen) atoms. The van der Waals surface area contributed by atoms with E-state index in [1.54, 1.807) is 0 Å². The molecule has 96 valence electrons. The number of hydrogen-bond donors (Lipinski definition) is 2. The monoisotopic (exact) mass is 289 g/mol. The van der Waals surface area contributed by atoms with Crippen LogP contribution in [-0.4, -0.2) is 17.9 Å². The van der Waals surface area contributed by atoms with Crippen LogP contribution < -0.4 is 5.48 Å². The van der Waals surface area contributed by atoms with Crippen LogP contribution in [0.4, 0.5) is 13.2 Å². The van der Waals surface area contributed by atoms with E-state index < -0.39 is 12.8 Å². The van der Waals surface area contributed by atoms with Crippen LogP contribution in [-0.2, 0) is 11.4 Å². The predicted octanol–water partition coefficient (Wildman–Crippen LogP) is 3.28. The number of benzene rings is 1. The summed E-state index contributed by atoms with van der Waals surface area (Å²) in [6.45, 7) is -1.58. The van der Waals surface area contributed by atoms with Crippen molar-refractivity contribution in [1.29, 1.82) is 0 Å². The molecular weight excluding hydrogens is 282 g/mol. The van der Waals surface area contributed by atoms with Gasteiger partial charge >= 0.3 is 6.18 Å². The van der Waals surface area contributed by atoms with Gasteiger partial charge in [-0.3, -0.25) is 4.84 Å². The fraction of sp³-hybridized carbons (Fsp3) is 0.333. The Morgan fingerprint density at radius 3 is 2.53 bits per heavy atom. The average Bonchev–Trinajstić information content (AvgIpc) is 2.18. The summed E-state index contributed by atoms with van der Waals surface area (Å²) in [4.78, 5) is 4.16. The number of phenolic OH excluding ortho intramolecular Hbond substituents is 1. The van der Waals surface area contributed by atoms with Gasteiger partial charge in [0.05, 0.1) is 5.02 Å². The van der Waals surface area contributed by atoms with Gasteiger partial charge in [0.25, 0.3) is 0 Å². The standard InChI is InChI=1S/C9H8Cl2F3NO2/c10-6-1-5(8(16)7(11)2-6)3-15-17-4-9(12,13)14/h1-2,15-16H,3-4H2. The van der Waals surface area contributed by atoms with Gasteiger partial charge in [-0.25, -0.2) is 0 Å². The smallest absolute Gasteiger partial charge is 0.413 e. The second-order valence-corrected chi connectivity index (χ2v) is 3.96. The molecular formula is C9H8Cl2F3NO2. The molecule has 0 aromatic heterocycles. The highest BCUT2D eigenvalue weighted by molar-refractivity contribution is 6.35. The van der Waals surface area contributed by atoms with Crippen LogP contribution in [0.3, 0.4) is 0 Å². The lowest BCUT2D eigenvalue weighted by atomic mass is 10.2.